The zero-order valence-electron chi connectivity index (χ0n) is 10.7. The molecule has 1 amide bonds. The number of halogens is 2. The first-order valence-corrected chi connectivity index (χ1v) is 8.19. The number of thiophene rings is 1. The normalized spacial score (nSPS) is 12.8. The van der Waals surface area contributed by atoms with E-state index in [1.54, 1.807) is 4.90 Å². The van der Waals surface area contributed by atoms with Crippen molar-refractivity contribution in [1.29, 1.82) is 0 Å². The predicted octanol–water partition coefficient (Wildman–Crippen LogP) is 3.72. The molecule has 0 fully saturated rings. The van der Waals surface area contributed by atoms with Gasteiger partial charge in [-0.05, 0) is 50.3 Å². The van der Waals surface area contributed by atoms with Gasteiger partial charge in [-0.3, -0.25) is 4.79 Å². The molecular formula is C12H18Br2N2OS. The van der Waals surface area contributed by atoms with E-state index in [0.29, 0.717) is 18.0 Å². The summed E-state index contributed by atoms with van der Waals surface area (Å²) in [6, 6.07) is 1.98. The lowest BCUT2D eigenvalue weighted by Gasteiger charge is -2.21. The molecule has 0 radical (unpaired) electrons. The lowest BCUT2D eigenvalue weighted by Crippen LogP contribution is -2.34. The standard InChI is InChI=1S/C12H18Br2N2OS/c1-7(2)9(15)4-5-16(3)12(17)8-6-10(13)18-11(8)14/h6-7,9H,4-5,15H2,1-3H3. The third kappa shape index (κ3) is 4.33. The molecule has 1 aromatic rings. The minimum Gasteiger partial charge on any atom is -0.342 e. The Labute approximate surface area is 129 Å². The van der Waals surface area contributed by atoms with Gasteiger partial charge in [0.05, 0.1) is 13.1 Å². The van der Waals surface area contributed by atoms with Gasteiger partial charge >= 0.3 is 0 Å². The Bertz CT molecular complexity index is 420. The van der Waals surface area contributed by atoms with Gasteiger partial charge in [0.15, 0.2) is 0 Å². The summed E-state index contributed by atoms with van der Waals surface area (Å²) in [6.45, 7) is 4.87. The van der Waals surface area contributed by atoms with Crippen LogP contribution in [0.15, 0.2) is 13.6 Å². The summed E-state index contributed by atoms with van der Waals surface area (Å²) in [7, 11) is 1.81. The summed E-state index contributed by atoms with van der Waals surface area (Å²) in [5.74, 6) is 0.468. The Balaban J connectivity index is 2.59. The van der Waals surface area contributed by atoms with Crippen LogP contribution in [0.25, 0.3) is 0 Å². The van der Waals surface area contributed by atoms with Crippen molar-refractivity contribution < 1.29 is 4.79 Å². The van der Waals surface area contributed by atoms with Crippen molar-refractivity contribution in [3.05, 3.63) is 19.2 Å². The molecule has 1 aromatic heterocycles. The summed E-state index contributed by atoms with van der Waals surface area (Å²) >= 11 is 8.29. The average molecular weight is 398 g/mol. The molecule has 1 heterocycles. The van der Waals surface area contributed by atoms with Gasteiger partial charge in [-0.15, -0.1) is 11.3 Å². The highest BCUT2D eigenvalue weighted by atomic mass is 79.9. The van der Waals surface area contributed by atoms with Crippen LogP contribution < -0.4 is 5.73 Å². The minimum absolute atomic E-state index is 0.0276. The molecule has 102 valence electrons. The van der Waals surface area contributed by atoms with Crippen molar-refractivity contribution in [1.82, 2.24) is 4.90 Å². The zero-order valence-corrected chi connectivity index (χ0v) is 14.7. The van der Waals surface area contributed by atoms with Gasteiger partial charge in [0, 0.05) is 19.6 Å². The molecule has 18 heavy (non-hydrogen) atoms. The van der Waals surface area contributed by atoms with Crippen LogP contribution in [0.4, 0.5) is 0 Å². The fourth-order valence-corrected chi connectivity index (χ4v) is 4.25. The molecule has 0 aromatic carbocycles. The van der Waals surface area contributed by atoms with E-state index in [4.69, 9.17) is 5.73 Å². The van der Waals surface area contributed by atoms with Crippen molar-refractivity contribution in [2.45, 2.75) is 26.3 Å². The minimum atomic E-state index is 0.0276. The van der Waals surface area contributed by atoms with Crippen LogP contribution in [0, 0.1) is 5.92 Å². The topological polar surface area (TPSA) is 46.3 Å². The van der Waals surface area contributed by atoms with E-state index >= 15 is 0 Å². The van der Waals surface area contributed by atoms with Crippen molar-refractivity contribution >= 4 is 49.1 Å². The van der Waals surface area contributed by atoms with Gasteiger partial charge in [0.1, 0.15) is 0 Å². The van der Waals surface area contributed by atoms with Crippen LogP contribution in [0.3, 0.4) is 0 Å². The Kier molecular flexibility index (Phi) is 6.30. The number of nitrogens with two attached hydrogens (primary N) is 1. The Hall–Kier alpha value is 0.0900. The van der Waals surface area contributed by atoms with Crippen molar-refractivity contribution in [3.8, 4) is 0 Å². The highest BCUT2D eigenvalue weighted by Crippen LogP contribution is 2.32. The molecule has 6 heteroatoms. The number of amides is 1. The lowest BCUT2D eigenvalue weighted by molar-refractivity contribution is 0.0789. The Morgan fingerprint density at radius 3 is 2.56 bits per heavy atom. The molecule has 0 aliphatic carbocycles. The second-order valence-electron chi connectivity index (χ2n) is 4.66. The summed E-state index contributed by atoms with van der Waals surface area (Å²) in [5, 5.41) is 0. The molecule has 2 N–H and O–H groups in total. The summed E-state index contributed by atoms with van der Waals surface area (Å²) < 4.78 is 1.81. The number of carbonyl (C=O) groups excluding carboxylic acids is 1. The first-order valence-electron chi connectivity index (χ1n) is 5.78. The SMILES string of the molecule is CC(C)C(N)CCN(C)C(=O)c1cc(Br)sc1Br. The number of hydrogen-bond donors (Lipinski definition) is 1. The van der Waals surface area contributed by atoms with E-state index in [0.717, 1.165) is 14.0 Å². The maximum Gasteiger partial charge on any atom is 0.255 e. The molecule has 3 nitrogen and oxygen atoms in total. The quantitative estimate of drug-likeness (QED) is 0.822. The second kappa shape index (κ2) is 7.03. The van der Waals surface area contributed by atoms with E-state index < -0.39 is 0 Å². The van der Waals surface area contributed by atoms with Gasteiger partial charge in [0.25, 0.3) is 5.91 Å². The third-order valence-electron chi connectivity index (χ3n) is 2.89. The molecular weight excluding hydrogens is 380 g/mol. The van der Waals surface area contributed by atoms with Gasteiger partial charge in [0.2, 0.25) is 0 Å². The predicted molar refractivity (Wildman–Crippen MR) is 84.1 cm³/mol. The molecule has 0 aliphatic rings. The Morgan fingerprint density at radius 2 is 2.11 bits per heavy atom. The van der Waals surface area contributed by atoms with Gasteiger partial charge < -0.3 is 10.6 Å². The van der Waals surface area contributed by atoms with Crippen molar-refractivity contribution in [3.63, 3.8) is 0 Å². The molecule has 0 saturated carbocycles. The van der Waals surface area contributed by atoms with Gasteiger partial charge in [-0.25, -0.2) is 0 Å². The van der Waals surface area contributed by atoms with E-state index in [9.17, 15) is 4.79 Å². The van der Waals surface area contributed by atoms with Gasteiger partial charge in [-0.2, -0.15) is 0 Å². The molecule has 0 aliphatic heterocycles. The van der Waals surface area contributed by atoms with E-state index in [1.165, 1.54) is 11.3 Å². The smallest absolute Gasteiger partial charge is 0.255 e. The number of carbonyl (C=O) groups is 1. The third-order valence-corrected chi connectivity index (χ3v) is 5.23. The van der Waals surface area contributed by atoms with Gasteiger partial charge in [-0.1, -0.05) is 13.8 Å². The van der Waals surface area contributed by atoms with Crippen LogP contribution in [0.1, 0.15) is 30.6 Å². The maximum absolute atomic E-state index is 12.2. The molecule has 0 bridgehead atoms. The molecule has 0 saturated heterocycles. The molecule has 1 unspecified atom stereocenters. The average Bonchev–Trinajstić information content (AvgIpc) is 2.63. The molecule has 0 spiro atoms. The van der Waals surface area contributed by atoms with Crippen LogP contribution in [-0.4, -0.2) is 30.4 Å². The monoisotopic (exact) mass is 396 g/mol. The van der Waals surface area contributed by atoms with Crippen LogP contribution in [0.2, 0.25) is 0 Å². The molecule has 1 rings (SSSR count). The number of rotatable bonds is 5. The largest absolute Gasteiger partial charge is 0.342 e. The second-order valence-corrected chi connectivity index (χ2v) is 8.41. The first-order chi connectivity index (χ1) is 8.32. The van der Waals surface area contributed by atoms with Crippen LogP contribution >= 0.6 is 43.2 Å². The van der Waals surface area contributed by atoms with Crippen molar-refractivity contribution in [2.75, 3.05) is 13.6 Å². The summed E-state index contributed by atoms with van der Waals surface area (Å²) in [4.78, 5) is 13.9. The Morgan fingerprint density at radius 1 is 1.50 bits per heavy atom. The van der Waals surface area contributed by atoms with Crippen LogP contribution in [0.5, 0.6) is 0 Å². The van der Waals surface area contributed by atoms with E-state index in [1.807, 2.05) is 13.1 Å². The van der Waals surface area contributed by atoms with Crippen molar-refractivity contribution in [2.24, 2.45) is 11.7 Å². The zero-order chi connectivity index (χ0) is 13.9. The maximum atomic E-state index is 12.2. The molecule has 1 atom stereocenters. The number of hydrogen-bond acceptors (Lipinski definition) is 3. The first kappa shape index (κ1) is 16.1. The highest BCUT2D eigenvalue weighted by Gasteiger charge is 2.18. The fraction of sp³-hybridized carbons (Fsp3) is 0.583. The van der Waals surface area contributed by atoms with Crippen LogP contribution in [-0.2, 0) is 0 Å². The highest BCUT2D eigenvalue weighted by molar-refractivity contribution is 9.12. The summed E-state index contributed by atoms with van der Waals surface area (Å²) in [5.41, 5.74) is 6.69. The summed E-state index contributed by atoms with van der Waals surface area (Å²) in [6.07, 6.45) is 0.822. The lowest BCUT2D eigenvalue weighted by atomic mass is 10.0. The van der Waals surface area contributed by atoms with E-state index in [-0.39, 0.29) is 11.9 Å². The van der Waals surface area contributed by atoms with E-state index in [2.05, 4.69) is 45.7 Å². The number of nitrogens with zero attached hydrogens (tertiary/aromatic N) is 1. The fourth-order valence-electron chi connectivity index (χ4n) is 1.47.